The molecule has 1 aliphatic rings. The fourth-order valence-electron chi connectivity index (χ4n) is 2.02. The molecule has 0 aromatic carbocycles. The van der Waals surface area contributed by atoms with Gasteiger partial charge in [-0.2, -0.15) is 5.10 Å². The molecule has 5 heteroatoms. The summed E-state index contributed by atoms with van der Waals surface area (Å²) in [7, 11) is 1.80. The van der Waals surface area contributed by atoms with Gasteiger partial charge in [0.1, 0.15) is 5.82 Å². The molecule has 0 bridgehead atoms. The number of aromatic nitrogens is 2. The van der Waals surface area contributed by atoms with Crippen molar-refractivity contribution in [3.8, 4) is 0 Å². The molecule has 14 heavy (non-hydrogen) atoms. The number of hydrogen-bond acceptors (Lipinski definition) is 3. The standard InChI is InChI=1S/C9H13N3O2/c1-12-7-4-5(9(13)14)2-3-6(7)8(10)11-12/h5H,2-4H2,1H3,(H2,10,11)(H,13,14). The first-order valence-electron chi connectivity index (χ1n) is 4.62. The van der Waals surface area contributed by atoms with Gasteiger partial charge in [0.25, 0.3) is 0 Å². The van der Waals surface area contributed by atoms with Crippen molar-refractivity contribution >= 4 is 11.8 Å². The second-order valence-electron chi connectivity index (χ2n) is 3.71. The average Bonchev–Trinajstić information content (AvgIpc) is 2.42. The van der Waals surface area contributed by atoms with Crippen LogP contribution in [0.1, 0.15) is 17.7 Å². The van der Waals surface area contributed by atoms with Gasteiger partial charge in [-0.05, 0) is 12.8 Å². The van der Waals surface area contributed by atoms with Crippen LogP contribution in [0, 0.1) is 5.92 Å². The Labute approximate surface area is 81.5 Å². The normalized spacial score (nSPS) is 20.5. The second-order valence-corrected chi connectivity index (χ2v) is 3.71. The largest absolute Gasteiger partial charge is 0.481 e. The monoisotopic (exact) mass is 195 g/mol. The van der Waals surface area contributed by atoms with Crippen LogP contribution in [0.25, 0.3) is 0 Å². The summed E-state index contributed by atoms with van der Waals surface area (Å²) in [5.41, 5.74) is 7.71. The zero-order valence-electron chi connectivity index (χ0n) is 8.03. The fourth-order valence-corrected chi connectivity index (χ4v) is 2.02. The van der Waals surface area contributed by atoms with Gasteiger partial charge in [0.2, 0.25) is 0 Å². The molecule has 76 valence electrons. The van der Waals surface area contributed by atoms with Crippen molar-refractivity contribution in [1.82, 2.24) is 9.78 Å². The van der Waals surface area contributed by atoms with E-state index in [0.29, 0.717) is 18.7 Å². The molecule has 1 unspecified atom stereocenters. The van der Waals surface area contributed by atoms with Gasteiger partial charge in [-0.25, -0.2) is 0 Å². The van der Waals surface area contributed by atoms with E-state index in [0.717, 1.165) is 17.7 Å². The Hall–Kier alpha value is -1.52. The Kier molecular flexibility index (Phi) is 1.94. The number of nitrogen functional groups attached to an aromatic ring is 1. The average molecular weight is 195 g/mol. The van der Waals surface area contributed by atoms with Crippen LogP contribution in [0.2, 0.25) is 0 Å². The lowest BCUT2D eigenvalue weighted by molar-refractivity contribution is -0.142. The Morgan fingerprint density at radius 2 is 2.43 bits per heavy atom. The Bertz CT molecular complexity index is 384. The predicted molar refractivity (Wildman–Crippen MR) is 50.8 cm³/mol. The third kappa shape index (κ3) is 1.25. The van der Waals surface area contributed by atoms with Crippen LogP contribution in [0.5, 0.6) is 0 Å². The first kappa shape index (κ1) is 9.05. The summed E-state index contributed by atoms with van der Waals surface area (Å²) in [6.45, 7) is 0. The third-order valence-electron chi connectivity index (χ3n) is 2.84. The van der Waals surface area contributed by atoms with Crippen LogP contribution in [0.3, 0.4) is 0 Å². The van der Waals surface area contributed by atoms with Crippen molar-refractivity contribution in [2.45, 2.75) is 19.3 Å². The maximum atomic E-state index is 10.8. The van der Waals surface area contributed by atoms with Crippen molar-refractivity contribution < 1.29 is 9.90 Å². The minimum atomic E-state index is -0.726. The van der Waals surface area contributed by atoms with Crippen LogP contribution >= 0.6 is 0 Å². The van der Waals surface area contributed by atoms with E-state index in [-0.39, 0.29) is 5.92 Å². The molecule has 1 aromatic rings. The highest BCUT2D eigenvalue weighted by Crippen LogP contribution is 2.28. The Morgan fingerprint density at radius 1 is 1.71 bits per heavy atom. The predicted octanol–water partition coefficient (Wildman–Crippen LogP) is 0.192. The molecule has 3 N–H and O–H groups in total. The van der Waals surface area contributed by atoms with Gasteiger partial charge in [-0.15, -0.1) is 0 Å². The van der Waals surface area contributed by atoms with E-state index in [1.165, 1.54) is 0 Å². The SMILES string of the molecule is Cn1nc(N)c2c1CC(C(=O)O)CC2. The van der Waals surface area contributed by atoms with E-state index in [2.05, 4.69) is 5.10 Å². The highest BCUT2D eigenvalue weighted by atomic mass is 16.4. The third-order valence-corrected chi connectivity index (χ3v) is 2.84. The summed E-state index contributed by atoms with van der Waals surface area (Å²) >= 11 is 0. The number of anilines is 1. The van der Waals surface area contributed by atoms with E-state index in [4.69, 9.17) is 10.8 Å². The van der Waals surface area contributed by atoms with Gasteiger partial charge in [0, 0.05) is 24.7 Å². The number of aliphatic carboxylic acids is 1. The molecule has 0 aliphatic heterocycles. The number of carboxylic acids is 1. The van der Waals surface area contributed by atoms with Crippen LogP contribution in [0.4, 0.5) is 5.82 Å². The number of nitrogens with zero attached hydrogens (tertiary/aromatic N) is 2. The summed E-state index contributed by atoms with van der Waals surface area (Å²) < 4.78 is 1.69. The molecule has 0 radical (unpaired) electrons. The van der Waals surface area contributed by atoms with Crippen molar-refractivity contribution in [1.29, 1.82) is 0 Å². The summed E-state index contributed by atoms with van der Waals surface area (Å²) in [6, 6.07) is 0. The van der Waals surface area contributed by atoms with Gasteiger partial charge in [-0.3, -0.25) is 9.48 Å². The molecule has 0 saturated carbocycles. The van der Waals surface area contributed by atoms with Crippen LogP contribution in [0.15, 0.2) is 0 Å². The fraction of sp³-hybridized carbons (Fsp3) is 0.556. The summed E-state index contributed by atoms with van der Waals surface area (Å²) in [5.74, 6) is -0.459. The van der Waals surface area contributed by atoms with Crippen LogP contribution < -0.4 is 5.73 Å². The number of carboxylic acid groups (broad SMARTS) is 1. The number of hydrogen-bond donors (Lipinski definition) is 2. The van der Waals surface area contributed by atoms with Crippen molar-refractivity contribution in [3.05, 3.63) is 11.3 Å². The first-order chi connectivity index (χ1) is 6.59. The minimum absolute atomic E-state index is 0.280. The van der Waals surface area contributed by atoms with Gasteiger partial charge in [0.15, 0.2) is 0 Å². The number of fused-ring (bicyclic) bond motifs is 1. The Balaban J connectivity index is 2.34. The number of nitrogens with two attached hydrogens (primary N) is 1. The molecule has 0 saturated heterocycles. The van der Waals surface area contributed by atoms with Crippen LogP contribution in [-0.2, 0) is 24.7 Å². The van der Waals surface area contributed by atoms with Gasteiger partial charge in [-0.1, -0.05) is 0 Å². The van der Waals surface area contributed by atoms with E-state index in [1.807, 2.05) is 0 Å². The van der Waals surface area contributed by atoms with E-state index in [1.54, 1.807) is 11.7 Å². The van der Waals surface area contributed by atoms with E-state index < -0.39 is 5.97 Å². The highest BCUT2D eigenvalue weighted by Gasteiger charge is 2.28. The number of rotatable bonds is 1. The lowest BCUT2D eigenvalue weighted by atomic mass is 9.87. The quantitative estimate of drug-likeness (QED) is 0.670. The topological polar surface area (TPSA) is 81.1 Å². The zero-order chi connectivity index (χ0) is 10.3. The van der Waals surface area contributed by atoms with Crippen LogP contribution in [-0.4, -0.2) is 20.9 Å². The molecule has 1 aliphatic carbocycles. The minimum Gasteiger partial charge on any atom is -0.481 e. The summed E-state index contributed by atoms with van der Waals surface area (Å²) in [5, 5.41) is 13.0. The zero-order valence-corrected chi connectivity index (χ0v) is 8.03. The molecular weight excluding hydrogens is 182 g/mol. The summed E-state index contributed by atoms with van der Waals surface area (Å²) in [6.07, 6.45) is 1.94. The molecule has 5 nitrogen and oxygen atoms in total. The molecule has 0 amide bonds. The van der Waals surface area contributed by atoms with E-state index in [9.17, 15) is 4.79 Å². The number of aryl methyl sites for hydroxylation is 1. The Morgan fingerprint density at radius 3 is 3.07 bits per heavy atom. The van der Waals surface area contributed by atoms with Gasteiger partial charge >= 0.3 is 5.97 Å². The smallest absolute Gasteiger partial charge is 0.306 e. The van der Waals surface area contributed by atoms with Crippen molar-refractivity contribution in [3.63, 3.8) is 0 Å². The molecule has 0 spiro atoms. The maximum Gasteiger partial charge on any atom is 0.306 e. The molecular formula is C9H13N3O2. The van der Waals surface area contributed by atoms with Crippen molar-refractivity contribution in [2.24, 2.45) is 13.0 Å². The molecule has 1 aromatic heterocycles. The number of carbonyl (C=O) groups is 1. The van der Waals surface area contributed by atoms with Gasteiger partial charge in [0.05, 0.1) is 5.92 Å². The first-order valence-corrected chi connectivity index (χ1v) is 4.62. The lowest BCUT2D eigenvalue weighted by Crippen LogP contribution is -2.23. The summed E-state index contributed by atoms with van der Waals surface area (Å²) in [4.78, 5) is 10.8. The van der Waals surface area contributed by atoms with Crippen molar-refractivity contribution in [2.75, 3.05) is 5.73 Å². The van der Waals surface area contributed by atoms with Gasteiger partial charge < -0.3 is 10.8 Å². The molecule has 0 fully saturated rings. The maximum absolute atomic E-state index is 10.8. The molecule has 2 rings (SSSR count). The highest BCUT2D eigenvalue weighted by molar-refractivity contribution is 5.71. The van der Waals surface area contributed by atoms with E-state index >= 15 is 0 Å². The molecule has 1 atom stereocenters. The molecule has 1 heterocycles. The lowest BCUT2D eigenvalue weighted by Gasteiger charge is -2.18. The second kappa shape index (κ2) is 3.01.